The van der Waals surface area contributed by atoms with Crippen molar-refractivity contribution in [3.8, 4) is 0 Å². The van der Waals surface area contributed by atoms with E-state index in [4.69, 9.17) is 11.6 Å². The van der Waals surface area contributed by atoms with E-state index >= 15 is 0 Å². The van der Waals surface area contributed by atoms with E-state index in [-0.39, 0.29) is 11.8 Å². The first-order valence-electron chi connectivity index (χ1n) is 6.55. The Hall–Kier alpha value is -1.37. The van der Waals surface area contributed by atoms with Crippen LogP contribution in [-0.2, 0) is 11.0 Å². The van der Waals surface area contributed by atoms with Gasteiger partial charge in [-0.05, 0) is 36.8 Å². The van der Waals surface area contributed by atoms with Gasteiger partial charge >= 0.3 is 6.18 Å². The smallest absolute Gasteiger partial charge is 0.303 e. The lowest BCUT2D eigenvalue weighted by atomic mass is 9.79. The summed E-state index contributed by atoms with van der Waals surface area (Å²) in [6.07, 6.45) is -1.67. The Kier molecular flexibility index (Phi) is 4.41. The molecule has 1 fully saturated rings. The van der Waals surface area contributed by atoms with Crippen molar-refractivity contribution >= 4 is 23.1 Å². The first-order chi connectivity index (χ1) is 9.75. The van der Waals surface area contributed by atoms with E-state index < -0.39 is 28.7 Å². The van der Waals surface area contributed by atoms with Crippen LogP contribution in [0.1, 0.15) is 48.3 Å². The van der Waals surface area contributed by atoms with Gasteiger partial charge in [0.05, 0.1) is 17.8 Å². The van der Waals surface area contributed by atoms with E-state index in [1.807, 2.05) is 6.92 Å². The summed E-state index contributed by atoms with van der Waals surface area (Å²) in [5, 5.41) is 2.54. The molecule has 21 heavy (non-hydrogen) atoms. The summed E-state index contributed by atoms with van der Waals surface area (Å²) >= 11 is 5.20. The lowest BCUT2D eigenvalue weighted by Gasteiger charge is -2.32. The zero-order valence-corrected chi connectivity index (χ0v) is 12.0. The average molecular weight is 323 g/mol. The Labute approximate surface area is 124 Å². The van der Waals surface area contributed by atoms with Gasteiger partial charge in [0.2, 0.25) is 0 Å². The summed E-state index contributed by atoms with van der Waals surface area (Å²) in [6.45, 7) is 1.83. The number of nitrogens with zero attached hydrogens (tertiary/aromatic N) is 2. The number of rotatable bonds is 3. The number of aromatic nitrogens is 2. The molecule has 0 N–H and O–H groups in total. The van der Waals surface area contributed by atoms with E-state index in [0.29, 0.717) is 19.3 Å². The molecule has 1 saturated carbocycles. The molecule has 8 heteroatoms. The highest BCUT2D eigenvalue weighted by Gasteiger charge is 2.42. The number of carbonyl (C=O) groups is 2. The summed E-state index contributed by atoms with van der Waals surface area (Å²) < 4.78 is 40.3. The van der Waals surface area contributed by atoms with Crippen molar-refractivity contribution in [2.45, 2.75) is 38.4 Å². The number of halogens is 4. The van der Waals surface area contributed by atoms with Crippen molar-refractivity contribution in [1.82, 2.24) is 9.78 Å². The Bertz CT molecular complexity index is 556. The van der Waals surface area contributed by atoms with Gasteiger partial charge in [-0.2, -0.15) is 18.3 Å². The Morgan fingerprint density at radius 1 is 1.48 bits per heavy atom. The van der Waals surface area contributed by atoms with Crippen molar-refractivity contribution in [3.05, 3.63) is 17.5 Å². The molecule has 3 unspecified atom stereocenters. The van der Waals surface area contributed by atoms with E-state index in [1.165, 1.54) is 0 Å². The first kappa shape index (κ1) is 16.0. The molecule has 0 aromatic carbocycles. The number of hydrogen-bond donors (Lipinski definition) is 0. The van der Waals surface area contributed by atoms with Crippen LogP contribution in [0.25, 0.3) is 0 Å². The number of alkyl halides is 3. The second-order valence-corrected chi connectivity index (χ2v) is 5.71. The van der Waals surface area contributed by atoms with Gasteiger partial charge in [-0.15, -0.1) is 0 Å². The lowest BCUT2D eigenvalue weighted by molar-refractivity contribution is -0.146. The minimum atomic E-state index is -4.71. The molecule has 1 aliphatic rings. The Morgan fingerprint density at radius 3 is 2.62 bits per heavy atom. The highest BCUT2D eigenvalue weighted by molar-refractivity contribution is 6.67. The molecule has 0 spiro atoms. The summed E-state index contributed by atoms with van der Waals surface area (Å²) in [6, 6.07) is -0.488. The van der Waals surface area contributed by atoms with Gasteiger partial charge in [-0.3, -0.25) is 9.48 Å². The van der Waals surface area contributed by atoms with Crippen LogP contribution in [-0.4, -0.2) is 21.3 Å². The maximum Gasteiger partial charge on any atom is 0.433 e. The molecular weight excluding hydrogens is 309 g/mol. The van der Waals surface area contributed by atoms with Gasteiger partial charge in [0.25, 0.3) is 5.24 Å². The fourth-order valence-corrected chi connectivity index (χ4v) is 3.02. The minimum Gasteiger partial charge on any atom is -0.303 e. The van der Waals surface area contributed by atoms with Crippen LogP contribution in [0.4, 0.5) is 13.2 Å². The predicted molar refractivity (Wildman–Crippen MR) is 69.0 cm³/mol. The first-order valence-corrected chi connectivity index (χ1v) is 6.93. The van der Waals surface area contributed by atoms with Gasteiger partial charge in [-0.1, -0.05) is 6.92 Å². The molecular formula is C13H14ClF3N2O2. The van der Waals surface area contributed by atoms with E-state index in [2.05, 4.69) is 5.10 Å². The molecule has 116 valence electrons. The molecule has 2 rings (SSSR count). The van der Waals surface area contributed by atoms with Gasteiger partial charge in [0, 0.05) is 5.92 Å². The highest BCUT2D eigenvalue weighted by Crippen LogP contribution is 2.40. The molecule has 1 aliphatic carbocycles. The monoisotopic (exact) mass is 322 g/mol. The predicted octanol–water partition coefficient (Wildman–Crippen LogP) is 3.46. The molecule has 0 radical (unpaired) electrons. The molecule has 0 saturated heterocycles. The lowest BCUT2D eigenvalue weighted by Crippen LogP contribution is -2.29. The quantitative estimate of drug-likeness (QED) is 0.632. The van der Waals surface area contributed by atoms with Gasteiger partial charge in [-0.25, -0.2) is 0 Å². The molecule has 0 aliphatic heterocycles. The molecule has 1 aromatic heterocycles. The second-order valence-electron chi connectivity index (χ2n) is 5.37. The van der Waals surface area contributed by atoms with Crippen molar-refractivity contribution in [2.75, 3.05) is 0 Å². The van der Waals surface area contributed by atoms with E-state index in [1.54, 1.807) is 0 Å². The third-order valence-electron chi connectivity index (χ3n) is 4.00. The number of hydrogen-bond acceptors (Lipinski definition) is 3. The van der Waals surface area contributed by atoms with Crippen LogP contribution in [0.3, 0.4) is 0 Å². The standard InChI is InChI=1S/C13H14ClF3N2O2/c1-7-4-9(3-2-8(7)6-20)19-11(13(15,16)17)10(5-18-19)12(14)21/h5-9H,2-4H2,1H3. The van der Waals surface area contributed by atoms with Crippen LogP contribution in [0.2, 0.25) is 0 Å². The topological polar surface area (TPSA) is 52.0 Å². The minimum absolute atomic E-state index is 0.0262. The van der Waals surface area contributed by atoms with E-state index in [0.717, 1.165) is 17.2 Å². The van der Waals surface area contributed by atoms with Crippen molar-refractivity contribution in [2.24, 2.45) is 11.8 Å². The summed E-state index contributed by atoms with van der Waals surface area (Å²) in [5.74, 6) is -0.165. The average Bonchev–Trinajstić information content (AvgIpc) is 2.83. The van der Waals surface area contributed by atoms with Crippen LogP contribution in [0, 0.1) is 11.8 Å². The van der Waals surface area contributed by atoms with Crippen LogP contribution in [0.5, 0.6) is 0 Å². The van der Waals surface area contributed by atoms with Crippen LogP contribution >= 0.6 is 11.6 Å². The second kappa shape index (κ2) is 5.79. The SMILES string of the molecule is CC1CC(n2ncc(C(=O)Cl)c2C(F)(F)F)CCC1C=O. The molecule has 1 heterocycles. The number of carbonyl (C=O) groups excluding carboxylic acids is 2. The molecule has 0 amide bonds. The fraction of sp³-hybridized carbons (Fsp3) is 0.615. The van der Waals surface area contributed by atoms with Crippen LogP contribution in [0.15, 0.2) is 6.20 Å². The van der Waals surface area contributed by atoms with Crippen molar-refractivity contribution < 1.29 is 22.8 Å². The number of aldehydes is 1. The van der Waals surface area contributed by atoms with Crippen molar-refractivity contribution in [1.29, 1.82) is 0 Å². The highest BCUT2D eigenvalue weighted by atomic mass is 35.5. The maximum absolute atomic E-state index is 13.2. The molecule has 1 aromatic rings. The van der Waals surface area contributed by atoms with Gasteiger partial charge < -0.3 is 4.79 Å². The van der Waals surface area contributed by atoms with Gasteiger partial charge in [0.15, 0.2) is 5.69 Å². The Morgan fingerprint density at radius 2 is 2.14 bits per heavy atom. The maximum atomic E-state index is 13.2. The van der Waals surface area contributed by atoms with Crippen LogP contribution < -0.4 is 0 Å². The zero-order chi connectivity index (χ0) is 15.8. The van der Waals surface area contributed by atoms with Crippen molar-refractivity contribution in [3.63, 3.8) is 0 Å². The molecule has 3 atom stereocenters. The summed E-state index contributed by atoms with van der Waals surface area (Å²) in [5.41, 5.74) is -1.74. The summed E-state index contributed by atoms with van der Waals surface area (Å²) in [7, 11) is 0. The normalized spacial score (nSPS) is 26.6. The Balaban J connectivity index is 2.37. The van der Waals surface area contributed by atoms with E-state index in [9.17, 15) is 22.8 Å². The third kappa shape index (κ3) is 3.12. The largest absolute Gasteiger partial charge is 0.433 e. The molecule has 0 bridgehead atoms. The fourth-order valence-electron chi connectivity index (χ4n) is 2.88. The third-order valence-corrected chi connectivity index (χ3v) is 4.21. The molecule has 4 nitrogen and oxygen atoms in total. The zero-order valence-electron chi connectivity index (χ0n) is 11.2. The van der Waals surface area contributed by atoms with Gasteiger partial charge in [0.1, 0.15) is 6.29 Å². The summed E-state index contributed by atoms with van der Waals surface area (Å²) in [4.78, 5) is 22.0.